The van der Waals surface area contributed by atoms with Crippen LogP contribution in [-0.4, -0.2) is 80.8 Å². The molecule has 2 amide bonds. The first-order valence-corrected chi connectivity index (χ1v) is 17.7. The third kappa shape index (κ3) is 6.89. The number of fused-ring (bicyclic) bond motifs is 3. The summed E-state index contributed by atoms with van der Waals surface area (Å²) in [7, 11) is 1.50. The number of aromatic amines is 1. The third-order valence-corrected chi connectivity index (χ3v) is 10.6. The summed E-state index contributed by atoms with van der Waals surface area (Å²) in [6.45, 7) is 2.85. The minimum Gasteiger partial charge on any atom is -0.508 e. The van der Waals surface area contributed by atoms with E-state index in [2.05, 4.69) is 21.5 Å². The highest BCUT2D eigenvalue weighted by molar-refractivity contribution is 6.03. The Kier molecular flexibility index (Phi) is 10.8. The summed E-state index contributed by atoms with van der Waals surface area (Å²) >= 11 is 0. The minimum atomic E-state index is -1.81. The van der Waals surface area contributed by atoms with Crippen molar-refractivity contribution in [1.82, 2.24) is 15.2 Å². The summed E-state index contributed by atoms with van der Waals surface area (Å²) in [4.78, 5) is 24.6. The normalized spacial score (nSPS) is 26.4. The quantitative estimate of drug-likeness (QED) is 0.0966. The predicted molar refractivity (Wildman–Crippen MR) is 187 cm³/mol. The molecule has 2 aliphatic carbocycles. The van der Waals surface area contributed by atoms with Crippen LogP contribution in [0.15, 0.2) is 65.3 Å². The summed E-state index contributed by atoms with van der Waals surface area (Å²) in [5.41, 5.74) is 4.16. The molecule has 0 saturated heterocycles. The van der Waals surface area contributed by atoms with Gasteiger partial charge in [0.25, 0.3) is 0 Å². The second-order valence-corrected chi connectivity index (χ2v) is 13.6. The molecule has 0 radical (unpaired) electrons. The van der Waals surface area contributed by atoms with Gasteiger partial charge in [0.05, 0.1) is 18.2 Å². The fourth-order valence-electron chi connectivity index (χ4n) is 8.53. The molecule has 1 aliphatic heterocycles. The highest BCUT2D eigenvalue weighted by Gasteiger charge is 2.64. The molecule has 2 aromatic carbocycles. The van der Waals surface area contributed by atoms with Crippen LogP contribution in [0.4, 0.5) is 4.79 Å². The largest absolute Gasteiger partial charge is 0.508 e. The Morgan fingerprint density at radius 3 is 2.61 bits per heavy atom. The molecule has 0 spiro atoms. The van der Waals surface area contributed by atoms with Crippen molar-refractivity contribution in [3.63, 3.8) is 0 Å². The zero-order valence-electron chi connectivity index (χ0n) is 28.5. The summed E-state index contributed by atoms with van der Waals surface area (Å²) in [6.07, 6.45) is 7.64. The maximum Gasteiger partial charge on any atom is 0.318 e. The molecule has 0 bridgehead atoms. The molecular formula is C38H50N4O7. The van der Waals surface area contributed by atoms with Crippen LogP contribution in [0.25, 0.3) is 10.9 Å². The van der Waals surface area contributed by atoms with Gasteiger partial charge in [-0.05, 0) is 85.2 Å². The lowest BCUT2D eigenvalue weighted by Crippen LogP contribution is -2.69. The van der Waals surface area contributed by atoms with E-state index < -0.39 is 17.7 Å². The molecule has 2 heterocycles. The number of unbranched alkanes of at least 4 members (excludes halogenated alkanes) is 2. The third-order valence-electron chi connectivity index (χ3n) is 10.6. The second kappa shape index (κ2) is 15.2. The summed E-state index contributed by atoms with van der Waals surface area (Å²) in [5.74, 6) is -1.98. The van der Waals surface area contributed by atoms with Gasteiger partial charge in [-0.1, -0.05) is 49.2 Å². The van der Waals surface area contributed by atoms with Crippen LogP contribution in [0.2, 0.25) is 0 Å². The van der Waals surface area contributed by atoms with Gasteiger partial charge in [-0.2, -0.15) is 0 Å². The van der Waals surface area contributed by atoms with Crippen LogP contribution >= 0.6 is 0 Å². The number of phenols is 1. The Morgan fingerprint density at radius 2 is 1.88 bits per heavy atom. The number of phenolic OH excluding ortho intramolecular Hbond substituents is 1. The molecule has 0 unspecified atom stereocenters. The number of benzene rings is 2. The number of rotatable bonds is 14. The number of ether oxygens (including phenoxy) is 1. The molecule has 264 valence electrons. The summed E-state index contributed by atoms with van der Waals surface area (Å²) < 4.78 is 6.65. The summed E-state index contributed by atoms with van der Waals surface area (Å²) in [5, 5.41) is 51.6. The van der Waals surface area contributed by atoms with E-state index in [0.29, 0.717) is 37.3 Å². The first-order valence-electron chi connectivity index (χ1n) is 17.7. The van der Waals surface area contributed by atoms with Gasteiger partial charge in [-0.25, -0.2) is 4.79 Å². The first-order chi connectivity index (χ1) is 23.8. The highest BCUT2D eigenvalue weighted by Crippen LogP contribution is 2.60. The number of nitrogens with zero attached hydrogens (tertiary/aromatic N) is 2. The number of carbonyl (C=O) groups excluding carboxylic acids is 1. The lowest BCUT2D eigenvalue weighted by atomic mass is 9.55. The average molecular weight is 675 g/mol. The molecule has 49 heavy (non-hydrogen) atoms. The van der Waals surface area contributed by atoms with Crippen LogP contribution in [0.5, 0.6) is 11.5 Å². The van der Waals surface area contributed by atoms with E-state index in [1.165, 1.54) is 7.11 Å². The number of amides is 2. The van der Waals surface area contributed by atoms with Gasteiger partial charge in [0.1, 0.15) is 24.7 Å². The van der Waals surface area contributed by atoms with Crippen molar-refractivity contribution in [2.45, 2.75) is 82.6 Å². The van der Waals surface area contributed by atoms with E-state index in [1.54, 1.807) is 23.1 Å². The van der Waals surface area contributed by atoms with Gasteiger partial charge in [0, 0.05) is 48.9 Å². The fourth-order valence-corrected chi connectivity index (χ4v) is 8.53. The Labute approximate surface area is 287 Å². The number of carbonyl (C=O) groups is 1. The number of allylic oxidation sites excluding steroid dienone is 1. The Bertz CT molecular complexity index is 1640. The summed E-state index contributed by atoms with van der Waals surface area (Å²) in [6, 6.07) is 13.9. The van der Waals surface area contributed by atoms with Crippen molar-refractivity contribution >= 4 is 22.6 Å². The van der Waals surface area contributed by atoms with Crippen molar-refractivity contribution in [2.24, 2.45) is 22.9 Å². The molecule has 6 N–H and O–H groups in total. The lowest BCUT2D eigenvalue weighted by molar-refractivity contribution is -0.228. The molecular weight excluding hydrogens is 624 g/mol. The van der Waals surface area contributed by atoms with Crippen molar-refractivity contribution in [1.29, 1.82) is 0 Å². The number of oxime groups is 1. The van der Waals surface area contributed by atoms with Crippen LogP contribution in [-0.2, 0) is 11.4 Å². The Morgan fingerprint density at radius 1 is 1.10 bits per heavy atom. The first kappa shape index (κ1) is 34.8. The van der Waals surface area contributed by atoms with Crippen molar-refractivity contribution < 1.29 is 34.8 Å². The highest BCUT2D eigenvalue weighted by atomic mass is 16.6. The maximum atomic E-state index is 14.1. The Hall–Kier alpha value is -4.06. The minimum absolute atomic E-state index is 0.0352. The number of hydrogen-bond acceptors (Lipinski definition) is 8. The topological polar surface area (TPSA) is 160 Å². The molecule has 6 atom stereocenters. The standard InChI is InChI=1S/C38H50N4O7/c1-3-16-42(37(46)39-23-26-19-25-11-4-5-13-31(25)40-26)34-22-32(41-48-2)29-20-24(10-6-8-17-43)28(12-7-9-18-44)35-30-21-27(45)14-15-33(30)49-38(34,47)36(29)35/h4-5,11,13-15,19-21,24,28,34-36,40,43-45,47H,3,6-10,12,16-18,22-23H2,1-2H3,(H,39,46)/t24-,28+,34-,35+,36+,38+/m0/s1. The monoisotopic (exact) mass is 674 g/mol. The number of aromatic hydroxyl groups is 1. The number of aromatic nitrogens is 1. The number of H-pyrrole nitrogens is 1. The van der Waals surface area contributed by atoms with Gasteiger partial charge < -0.3 is 45.2 Å². The van der Waals surface area contributed by atoms with Crippen LogP contribution in [0.1, 0.15) is 75.5 Å². The second-order valence-electron chi connectivity index (χ2n) is 13.6. The number of aliphatic hydroxyl groups is 3. The van der Waals surface area contributed by atoms with Gasteiger partial charge in [-0.15, -0.1) is 0 Å². The number of urea groups is 1. The van der Waals surface area contributed by atoms with Gasteiger partial charge in [0.15, 0.2) is 0 Å². The van der Waals surface area contributed by atoms with E-state index >= 15 is 0 Å². The molecule has 11 heteroatoms. The Balaban J connectivity index is 1.42. The lowest BCUT2D eigenvalue weighted by Gasteiger charge is -2.58. The maximum absolute atomic E-state index is 14.1. The van der Waals surface area contributed by atoms with E-state index in [0.717, 1.165) is 53.4 Å². The number of para-hydroxylation sites is 1. The fraction of sp³-hybridized carbons (Fsp3) is 0.526. The molecule has 11 nitrogen and oxygen atoms in total. The molecule has 6 rings (SSSR count). The van der Waals surface area contributed by atoms with E-state index in [4.69, 9.17) is 9.57 Å². The van der Waals surface area contributed by atoms with E-state index in [9.17, 15) is 25.2 Å². The SMILES string of the molecule is CCCN(C(=O)NCc1cc2ccccc2[nH]1)[C@H]1CC(=NOC)C2=C[C@H](CCCCO)[C@@H](CCCCO)[C@@H]3c4cc(O)ccc4O[C@@]1(O)[C@H]23. The van der Waals surface area contributed by atoms with E-state index in [1.807, 2.05) is 37.3 Å². The number of aliphatic hydroxyl groups excluding tert-OH is 2. The van der Waals surface area contributed by atoms with Gasteiger partial charge in [0.2, 0.25) is 5.79 Å². The average Bonchev–Trinajstić information content (AvgIpc) is 3.52. The van der Waals surface area contributed by atoms with Gasteiger partial charge in [-0.3, -0.25) is 0 Å². The molecule has 1 aromatic heterocycles. The molecule has 1 fully saturated rings. The molecule has 1 saturated carbocycles. The van der Waals surface area contributed by atoms with Crippen molar-refractivity contribution in [3.8, 4) is 11.5 Å². The molecule has 3 aromatic rings. The van der Waals surface area contributed by atoms with Crippen LogP contribution in [0, 0.1) is 17.8 Å². The predicted octanol–water partition coefficient (Wildman–Crippen LogP) is 5.55. The smallest absolute Gasteiger partial charge is 0.318 e. The zero-order valence-corrected chi connectivity index (χ0v) is 28.5. The van der Waals surface area contributed by atoms with Crippen LogP contribution < -0.4 is 10.1 Å². The number of hydrogen-bond donors (Lipinski definition) is 6. The molecule has 3 aliphatic rings. The van der Waals surface area contributed by atoms with Crippen LogP contribution in [0.3, 0.4) is 0 Å². The van der Waals surface area contributed by atoms with E-state index in [-0.39, 0.29) is 55.7 Å². The van der Waals surface area contributed by atoms with Crippen molar-refractivity contribution in [3.05, 3.63) is 71.4 Å². The number of nitrogens with one attached hydrogen (secondary N) is 2. The zero-order chi connectivity index (χ0) is 34.5. The van der Waals surface area contributed by atoms with Crippen molar-refractivity contribution in [2.75, 3.05) is 26.9 Å². The van der Waals surface area contributed by atoms with Gasteiger partial charge >= 0.3 is 6.03 Å².